The number of hydrogen-bond donors (Lipinski definition) is 0. The number of halogens is 2. The zero-order chi connectivity index (χ0) is 19.4. The van der Waals surface area contributed by atoms with E-state index in [0.717, 1.165) is 12.3 Å². The summed E-state index contributed by atoms with van der Waals surface area (Å²) in [6.07, 6.45) is 0.990. The molecule has 3 aromatic rings. The first-order valence-electron chi connectivity index (χ1n) is 7.63. The van der Waals surface area contributed by atoms with E-state index in [1.54, 1.807) is 30.3 Å². The lowest BCUT2D eigenvalue weighted by atomic mass is 10.2. The van der Waals surface area contributed by atoms with E-state index < -0.39 is 38.2 Å². The normalized spacial score (nSPS) is 11.2. The van der Waals surface area contributed by atoms with Crippen molar-refractivity contribution in [3.8, 4) is 5.75 Å². The van der Waals surface area contributed by atoms with Gasteiger partial charge >= 0.3 is 5.97 Å². The van der Waals surface area contributed by atoms with E-state index in [2.05, 4.69) is 9.97 Å². The molecule has 2 aromatic carbocycles. The molecule has 9 heteroatoms. The van der Waals surface area contributed by atoms with E-state index in [1.807, 2.05) is 0 Å². The van der Waals surface area contributed by atoms with Crippen LogP contribution in [0.4, 0.5) is 4.39 Å². The number of sulfone groups is 1. The third kappa shape index (κ3) is 4.47. The van der Waals surface area contributed by atoms with Crippen LogP contribution in [0.2, 0.25) is 5.02 Å². The average Bonchev–Trinajstić information content (AvgIpc) is 2.64. The lowest BCUT2D eigenvalue weighted by Gasteiger charge is -2.08. The Labute approximate surface area is 159 Å². The Kier molecular flexibility index (Phi) is 5.48. The number of benzene rings is 2. The molecule has 0 aliphatic carbocycles. The van der Waals surface area contributed by atoms with Crippen molar-refractivity contribution >= 4 is 27.4 Å². The highest BCUT2D eigenvalue weighted by Crippen LogP contribution is 2.20. The smallest absolute Gasteiger partial charge is 0.364 e. The number of rotatable bonds is 5. The van der Waals surface area contributed by atoms with E-state index >= 15 is 0 Å². The summed E-state index contributed by atoms with van der Waals surface area (Å²) in [6, 6.07) is 13.6. The van der Waals surface area contributed by atoms with Crippen LogP contribution in [0.15, 0.2) is 66.0 Å². The molecule has 0 saturated carbocycles. The molecule has 6 nitrogen and oxygen atoms in total. The van der Waals surface area contributed by atoms with E-state index in [9.17, 15) is 17.6 Å². The van der Waals surface area contributed by atoms with E-state index in [4.69, 9.17) is 16.3 Å². The van der Waals surface area contributed by atoms with Gasteiger partial charge in [-0.05, 0) is 18.2 Å². The highest BCUT2D eigenvalue weighted by molar-refractivity contribution is 7.90. The minimum Gasteiger partial charge on any atom is -0.422 e. The monoisotopic (exact) mass is 406 g/mol. The molecule has 1 aromatic heterocycles. The second-order valence-electron chi connectivity index (χ2n) is 5.40. The van der Waals surface area contributed by atoms with E-state index in [1.165, 1.54) is 18.2 Å². The van der Waals surface area contributed by atoms with Gasteiger partial charge in [0.2, 0.25) is 15.0 Å². The second kappa shape index (κ2) is 7.81. The van der Waals surface area contributed by atoms with Gasteiger partial charge in [0.05, 0.1) is 17.0 Å². The molecule has 0 bridgehead atoms. The number of nitrogens with zero attached hydrogens (tertiary/aromatic N) is 2. The first-order valence-corrected chi connectivity index (χ1v) is 9.66. The summed E-state index contributed by atoms with van der Waals surface area (Å²) >= 11 is 5.91. The molecular formula is C18H12ClFN2O4S. The summed E-state index contributed by atoms with van der Waals surface area (Å²) in [6.45, 7) is 0. The maximum Gasteiger partial charge on any atom is 0.364 e. The fourth-order valence-corrected chi connectivity index (χ4v) is 3.56. The Bertz CT molecular complexity index is 1090. The first kappa shape index (κ1) is 18.9. The molecule has 1 heterocycles. The zero-order valence-electron chi connectivity index (χ0n) is 13.7. The van der Waals surface area contributed by atoms with Gasteiger partial charge in [0.25, 0.3) is 0 Å². The molecule has 138 valence electrons. The van der Waals surface area contributed by atoms with Crippen LogP contribution in [-0.4, -0.2) is 24.4 Å². The van der Waals surface area contributed by atoms with Gasteiger partial charge in [0.15, 0.2) is 5.69 Å². The number of esters is 1. The summed E-state index contributed by atoms with van der Waals surface area (Å²) in [5.74, 6) is -2.02. The van der Waals surface area contributed by atoms with Crippen molar-refractivity contribution < 1.29 is 22.3 Å². The molecule has 0 atom stereocenters. The molecule has 0 aliphatic heterocycles. The SMILES string of the molecule is O=C(Oc1ccccc1)c1nc(S(=O)(=O)Cc2ccccc2F)ncc1Cl. The largest absolute Gasteiger partial charge is 0.422 e. The van der Waals surface area contributed by atoms with Gasteiger partial charge in [-0.2, -0.15) is 0 Å². The molecule has 0 fully saturated rings. The number of carbonyl (C=O) groups excluding carboxylic acids is 1. The number of aromatic nitrogens is 2. The topological polar surface area (TPSA) is 86.2 Å². The molecule has 0 aliphatic rings. The van der Waals surface area contributed by atoms with Crippen molar-refractivity contribution in [3.05, 3.63) is 82.9 Å². The quantitative estimate of drug-likeness (QED) is 0.366. The Morgan fingerprint density at radius 1 is 1.07 bits per heavy atom. The van der Waals surface area contributed by atoms with Crippen LogP contribution in [0.5, 0.6) is 5.75 Å². The number of carbonyl (C=O) groups is 1. The molecule has 0 unspecified atom stereocenters. The predicted octanol–water partition coefficient (Wildman–Crippen LogP) is 3.46. The van der Waals surface area contributed by atoms with Gasteiger partial charge in [-0.3, -0.25) is 0 Å². The van der Waals surface area contributed by atoms with Crippen LogP contribution >= 0.6 is 11.6 Å². The van der Waals surface area contributed by atoms with Crippen LogP contribution in [0.1, 0.15) is 16.1 Å². The first-order chi connectivity index (χ1) is 12.9. The van der Waals surface area contributed by atoms with Crippen LogP contribution < -0.4 is 4.74 Å². The minimum atomic E-state index is -4.11. The Morgan fingerprint density at radius 3 is 2.44 bits per heavy atom. The molecule has 0 spiro atoms. The standard InChI is InChI=1S/C18H12ClFN2O4S/c19-14-10-21-18(27(24,25)11-12-6-4-5-9-15(12)20)22-16(14)17(23)26-13-7-2-1-3-8-13/h1-10H,11H2. The highest BCUT2D eigenvalue weighted by Gasteiger charge is 2.25. The molecule has 0 N–H and O–H groups in total. The van der Waals surface area contributed by atoms with Crippen LogP contribution in [0.3, 0.4) is 0 Å². The van der Waals surface area contributed by atoms with Gasteiger partial charge in [0, 0.05) is 5.56 Å². The Balaban J connectivity index is 1.90. The number of hydrogen-bond acceptors (Lipinski definition) is 6. The maximum absolute atomic E-state index is 13.7. The highest BCUT2D eigenvalue weighted by atomic mass is 35.5. The van der Waals surface area contributed by atoms with Gasteiger partial charge < -0.3 is 4.74 Å². The fraction of sp³-hybridized carbons (Fsp3) is 0.0556. The minimum absolute atomic E-state index is 0.0375. The van der Waals surface area contributed by atoms with E-state index in [0.29, 0.717) is 0 Å². The van der Waals surface area contributed by atoms with Crippen molar-refractivity contribution in [1.29, 1.82) is 0 Å². The number of ether oxygens (including phenoxy) is 1. The second-order valence-corrected chi connectivity index (χ2v) is 7.69. The van der Waals surface area contributed by atoms with Crippen LogP contribution in [0.25, 0.3) is 0 Å². The van der Waals surface area contributed by atoms with Crippen molar-refractivity contribution in [2.24, 2.45) is 0 Å². The lowest BCUT2D eigenvalue weighted by Crippen LogP contribution is -2.16. The average molecular weight is 407 g/mol. The van der Waals surface area contributed by atoms with Crippen molar-refractivity contribution in [2.45, 2.75) is 10.9 Å². The molecule has 3 rings (SSSR count). The van der Waals surface area contributed by atoms with E-state index in [-0.39, 0.29) is 16.3 Å². The maximum atomic E-state index is 13.7. The number of para-hydroxylation sites is 1. The summed E-state index contributed by atoms with van der Waals surface area (Å²) in [4.78, 5) is 19.7. The molecular weight excluding hydrogens is 395 g/mol. The van der Waals surface area contributed by atoms with Gasteiger partial charge in [0.1, 0.15) is 11.6 Å². The van der Waals surface area contributed by atoms with Crippen molar-refractivity contribution in [1.82, 2.24) is 9.97 Å². The van der Waals surface area contributed by atoms with Crippen molar-refractivity contribution in [3.63, 3.8) is 0 Å². The zero-order valence-corrected chi connectivity index (χ0v) is 15.2. The van der Waals surface area contributed by atoms with Gasteiger partial charge in [-0.25, -0.2) is 27.6 Å². The third-order valence-corrected chi connectivity index (χ3v) is 5.17. The summed E-state index contributed by atoms with van der Waals surface area (Å²) < 4.78 is 43.9. The molecule has 27 heavy (non-hydrogen) atoms. The molecule has 0 amide bonds. The third-order valence-electron chi connectivity index (χ3n) is 3.45. The van der Waals surface area contributed by atoms with Gasteiger partial charge in [-0.1, -0.05) is 48.0 Å². The molecule has 0 saturated heterocycles. The van der Waals surface area contributed by atoms with Crippen LogP contribution in [-0.2, 0) is 15.6 Å². The predicted molar refractivity (Wildman–Crippen MR) is 95.7 cm³/mol. The molecule has 0 radical (unpaired) electrons. The lowest BCUT2D eigenvalue weighted by molar-refractivity contribution is 0.0727. The van der Waals surface area contributed by atoms with Crippen molar-refractivity contribution in [2.75, 3.05) is 0 Å². The van der Waals surface area contributed by atoms with Gasteiger partial charge in [-0.15, -0.1) is 0 Å². The summed E-state index contributed by atoms with van der Waals surface area (Å²) in [5, 5.41) is -0.809. The Morgan fingerprint density at radius 2 is 1.74 bits per heavy atom. The van der Waals surface area contributed by atoms with Crippen LogP contribution in [0, 0.1) is 5.82 Å². The fourth-order valence-electron chi connectivity index (χ4n) is 2.17. The Hall–Kier alpha value is -2.84. The summed E-state index contributed by atoms with van der Waals surface area (Å²) in [5.41, 5.74) is -0.438. The summed E-state index contributed by atoms with van der Waals surface area (Å²) in [7, 11) is -4.11.